The number of rotatable bonds is 6. The van der Waals surface area contributed by atoms with Crippen molar-refractivity contribution < 1.29 is 14.3 Å². The van der Waals surface area contributed by atoms with Crippen LogP contribution in [0.2, 0.25) is 0 Å². The molecule has 0 fully saturated rings. The molecule has 0 bridgehead atoms. The van der Waals surface area contributed by atoms with E-state index in [1.807, 2.05) is 38.1 Å². The Morgan fingerprint density at radius 1 is 1.32 bits per heavy atom. The number of amides is 2. The Morgan fingerprint density at radius 3 is 2.68 bits per heavy atom. The number of nitrogens with zero attached hydrogens (tertiary/aromatic N) is 1. The van der Waals surface area contributed by atoms with Crippen LogP contribution >= 0.6 is 0 Å². The number of benzene rings is 1. The topological polar surface area (TPSA) is 58.6 Å². The number of fused-ring (bicyclic) bond motifs is 1. The fraction of sp³-hybridized carbons (Fsp3) is 0.529. The Bertz CT molecular complexity index is 540. The van der Waals surface area contributed by atoms with Crippen LogP contribution in [0, 0.1) is 5.92 Å². The van der Waals surface area contributed by atoms with Gasteiger partial charge in [-0.25, -0.2) is 0 Å². The van der Waals surface area contributed by atoms with E-state index in [0.29, 0.717) is 18.7 Å². The third-order valence-electron chi connectivity index (χ3n) is 4.16. The van der Waals surface area contributed by atoms with Crippen LogP contribution in [0.5, 0.6) is 5.75 Å². The van der Waals surface area contributed by atoms with Crippen molar-refractivity contribution in [1.29, 1.82) is 0 Å². The number of hydrogen-bond acceptors (Lipinski definition) is 3. The van der Waals surface area contributed by atoms with Gasteiger partial charge in [-0.15, -0.1) is 0 Å². The lowest BCUT2D eigenvalue weighted by atomic mass is 10.0. The van der Waals surface area contributed by atoms with Gasteiger partial charge < -0.3 is 15.0 Å². The van der Waals surface area contributed by atoms with Crippen LogP contribution in [0.3, 0.4) is 0 Å². The van der Waals surface area contributed by atoms with Gasteiger partial charge in [0, 0.05) is 25.9 Å². The second-order valence-electron chi connectivity index (χ2n) is 5.56. The van der Waals surface area contributed by atoms with Crippen molar-refractivity contribution in [1.82, 2.24) is 5.32 Å². The number of hydrogen-bond donors (Lipinski definition) is 1. The molecular formula is C17H24N2O3. The average Bonchev–Trinajstić information content (AvgIpc) is 2.53. The van der Waals surface area contributed by atoms with Crippen LogP contribution in [-0.2, 0) is 9.59 Å². The van der Waals surface area contributed by atoms with Gasteiger partial charge in [0.2, 0.25) is 5.91 Å². The lowest BCUT2D eigenvalue weighted by Crippen LogP contribution is -2.45. The molecule has 1 aromatic carbocycles. The molecule has 120 valence electrons. The molecule has 1 heterocycles. The number of carbonyl (C=O) groups is 2. The molecule has 0 radical (unpaired) electrons. The molecule has 5 heteroatoms. The van der Waals surface area contributed by atoms with Crippen molar-refractivity contribution in [3.63, 3.8) is 0 Å². The Hall–Kier alpha value is -2.04. The molecular weight excluding hydrogens is 280 g/mol. The van der Waals surface area contributed by atoms with Gasteiger partial charge >= 0.3 is 0 Å². The number of ether oxygens (including phenoxy) is 1. The zero-order valence-corrected chi connectivity index (χ0v) is 13.5. The minimum atomic E-state index is -0.540. The van der Waals surface area contributed by atoms with E-state index in [4.69, 9.17) is 4.74 Å². The van der Waals surface area contributed by atoms with Crippen molar-refractivity contribution in [2.75, 3.05) is 18.5 Å². The molecule has 0 spiro atoms. The standard InChI is InChI=1S/C17H24N2O3/c1-4-12(5-2)16(20)18-11-10-15-17(21)19(3)13-8-6-7-9-14(13)22-15/h6-9,12,15H,4-5,10-11H2,1-3H3,(H,18,20). The van der Waals surface area contributed by atoms with Crippen molar-refractivity contribution >= 4 is 17.5 Å². The maximum Gasteiger partial charge on any atom is 0.267 e. The summed E-state index contributed by atoms with van der Waals surface area (Å²) in [5, 5.41) is 2.90. The molecule has 5 nitrogen and oxygen atoms in total. The highest BCUT2D eigenvalue weighted by atomic mass is 16.5. The minimum absolute atomic E-state index is 0.0476. The van der Waals surface area contributed by atoms with Gasteiger partial charge in [-0.05, 0) is 25.0 Å². The van der Waals surface area contributed by atoms with E-state index in [1.165, 1.54) is 0 Å². The van der Waals surface area contributed by atoms with E-state index in [0.717, 1.165) is 18.5 Å². The van der Waals surface area contributed by atoms with Crippen molar-refractivity contribution in [3.8, 4) is 5.75 Å². The van der Waals surface area contributed by atoms with Gasteiger partial charge in [0.1, 0.15) is 5.75 Å². The summed E-state index contributed by atoms with van der Waals surface area (Å²) in [7, 11) is 1.75. The van der Waals surface area contributed by atoms with Crippen LogP contribution in [0.1, 0.15) is 33.1 Å². The molecule has 0 saturated carbocycles. The van der Waals surface area contributed by atoms with Crippen molar-refractivity contribution in [2.45, 2.75) is 39.2 Å². The fourth-order valence-electron chi connectivity index (χ4n) is 2.68. The monoisotopic (exact) mass is 304 g/mol. The summed E-state index contributed by atoms with van der Waals surface area (Å²) >= 11 is 0. The first kappa shape index (κ1) is 16.3. The normalized spacial score (nSPS) is 17.2. The van der Waals surface area contributed by atoms with E-state index >= 15 is 0 Å². The Balaban J connectivity index is 1.92. The fourth-order valence-corrected chi connectivity index (χ4v) is 2.68. The van der Waals surface area contributed by atoms with E-state index in [9.17, 15) is 9.59 Å². The molecule has 1 N–H and O–H groups in total. The number of likely N-dealkylation sites (N-methyl/N-ethyl adjacent to an activating group) is 1. The Kier molecular flexibility index (Phi) is 5.41. The predicted octanol–water partition coefficient (Wildman–Crippen LogP) is 2.35. The smallest absolute Gasteiger partial charge is 0.267 e. The first-order valence-electron chi connectivity index (χ1n) is 7.89. The van der Waals surface area contributed by atoms with Gasteiger partial charge in [-0.3, -0.25) is 9.59 Å². The summed E-state index contributed by atoms with van der Waals surface area (Å²) in [6, 6.07) is 7.48. The molecule has 1 aliphatic rings. The maximum atomic E-state index is 12.3. The molecule has 1 aromatic rings. The van der Waals surface area contributed by atoms with Gasteiger partial charge in [0.05, 0.1) is 5.69 Å². The van der Waals surface area contributed by atoms with Crippen molar-refractivity contribution in [3.05, 3.63) is 24.3 Å². The van der Waals surface area contributed by atoms with Gasteiger partial charge in [0.25, 0.3) is 5.91 Å². The highest BCUT2D eigenvalue weighted by molar-refractivity contribution is 5.99. The second kappa shape index (κ2) is 7.29. The highest BCUT2D eigenvalue weighted by Gasteiger charge is 2.31. The number of para-hydroxylation sites is 2. The average molecular weight is 304 g/mol. The first-order valence-corrected chi connectivity index (χ1v) is 7.89. The lowest BCUT2D eigenvalue weighted by molar-refractivity contribution is -0.128. The van der Waals surface area contributed by atoms with Crippen LogP contribution in [0.15, 0.2) is 24.3 Å². The molecule has 2 rings (SSSR count). The molecule has 1 unspecified atom stereocenters. The van der Waals surface area contributed by atoms with E-state index < -0.39 is 6.10 Å². The molecule has 2 amide bonds. The highest BCUT2D eigenvalue weighted by Crippen LogP contribution is 2.33. The van der Waals surface area contributed by atoms with Gasteiger partial charge in [-0.2, -0.15) is 0 Å². The predicted molar refractivity (Wildman–Crippen MR) is 86.0 cm³/mol. The lowest BCUT2D eigenvalue weighted by Gasteiger charge is -2.32. The second-order valence-corrected chi connectivity index (χ2v) is 5.56. The summed E-state index contributed by atoms with van der Waals surface area (Å²) in [6.07, 6.45) is 1.60. The van der Waals surface area contributed by atoms with Gasteiger partial charge in [0.15, 0.2) is 6.10 Å². The minimum Gasteiger partial charge on any atom is -0.478 e. The molecule has 1 atom stereocenters. The molecule has 0 aliphatic carbocycles. The van der Waals surface area contributed by atoms with Crippen LogP contribution in [0.25, 0.3) is 0 Å². The molecule has 22 heavy (non-hydrogen) atoms. The summed E-state index contributed by atoms with van der Waals surface area (Å²) < 4.78 is 5.77. The summed E-state index contributed by atoms with van der Waals surface area (Å²) in [5.41, 5.74) is 0.782. The van der Waals surface area contributed by atoms with E-state index in [2.05, 4.69) is 5.32 Å². The zero-order chi connectivity index (χ0) is 16.1. The quantitative estimate of drug-likeness (QED) is 0.877. The van der Waals surface area contributed by atoms with E-state index in [-0.39, 0.29) is 17.7 Å². The molecule has 0 aromatic heterocycles. The number of nitrogens with one attached hydrogen (secondary N) is 1. The van der Waals surface area contributed by atoms with Crippen LogP contribution in [-0.4, -0.2) is 31.5 Å². The van der Waals surface area contributed by atoms with Crippen LogP contribution in [0.4, 0.5) is 5.69 Å². The van der Waals surface area contributed by atoms with Gasteiger partial charge in [-0.1, -0.05) is 26.0 Å². The Labute approximate surface area is 131 Å². The van der Waals surface area contributed by atoms with Crippen molar-refractivity contribution in [2.24, 2.45) is 5.92 Å². The SMILES string of the molecule is CCC(CC)C(=O)NCCC1Oc2ccccc2N(C)C1=O. The first-order chi connectivity index (χ1) is 10.6. The van der Waals surface area contributed by atoms with E-state index in [1.54, 1.807) is 11.9 Å². The molecule has 1 aliphatic heterocycles. The zero-order valence-electron chi connectivity index (χ0n) is 13.5. The largest absolute Gasteiger partial charge is 0.478 e. The third kappa shape index (κ3) is 3.40. The summed E-state index contributed by atoms with van der Waals surface area (Å²) in [6.45, 7) is 4.46. The maximum absolute atomic E-state index is 12.3. The third-order valence-corrected chi connectivity index (χ3v) is 4.16. The summed E-state index contributed by atoms with van der Waals surface area (Å²) in [4.78, 5) is 25.9. The number of anilines is 1. The molecule has 0 saturated heterocycles. The number of carbonyl (C=O) groups excluding carboxylic acids is 2. The summed E-state index contributed by atoms with van der Waals surface area (Å²) in [5.74, 6) is 0.741. The Morgan fingerprint density at radius 2 is 2.00 bits per heavy atom. The van der Waals surface area contributed by atoms with Crippen LogP contribution < -0.4 is 15.0 Å².